The number of methoxy groups -OCH3 is 2. The Labute approximate surface area is 114 Å². The van der Waals surface area contributed by atoms with Crippen molar-refractivity contribution in [1.29, 1.82) is 0 Å². The van der Waals surface area contributed by atoms with E-state index in [2.05, 4.69) is 0 Å². The van der Waals surface area contributed by atoms with Crippen molar-refractivity contribution in [2.24, 2.45) is 0 Å². The van der Waals surface area contributed by atoms with Crippen LogP contribution in [-0.4, -0.2) is 44.2 Å². The molecule has 0 radical (unpaired) electrons. The quantitative estimate of drug-likeness (QED) is 0.797. The van der Waals surface area contributed by atoms with Gasteiger partial charge in [-0.15, -0.1) is 0 Å². The van der Waals surface area contributed by atoms with Crippen LogP contribution in [0, 0.1) is 0 Å². The molecule has 0 bridgehead atoms. The number of carbonyl (C=O) groups excluding carboxylic acids is 1. The van der Waals surface area contributed by atoms with E-state index in [1.165, 1.54) is 0 Å². The topological polar surface area (TPSA) is 64.8 Å². The second-order valence-electron chi connectivity index (χ2n) is 4.35. The monoisotopic (exact) mass is 266 g/mol. The summed E-state index contributed by atoms with van der Waals surface area (Å²) >= 11 is 0. The van der Waals surface area contributed by atoms with Crippen molar-refractivity contribution in [3.63, 3.8) is 0 Å². The zero-order valence-electron chi connectivity index (χ0n) is 12.0. The molecule has 1 amide bonds. The lowest BCUT2D eigenvalue weighted by Gasteiger charge is -2.28. The van der Waals surface area contributed by atoms with Crippen molar-refractivity contribution in [3.8, 4) is 5.75 Å². The Bertz CT molecular complexity index is 435. The van der Waals surface area contributed by atoms with Crippen LogP contribution < -0.4 is 10.5 Å². The Kier molecular flexibility index (Phi) is 5.63. The molecule has 0 spiro atoms. The molecular weight excluding hydrogens is 244 g/mol. The van der Waals surface area contributed by atoms with Crippen LogP contribution in [0.3, 0.4) is 0 Å². The Balaban J connectivity index is 2.97. The van der Waals surface area contributed by atoms with Gasteiger partial charge in [-0.05, 0) is 26.0 Å². The summed E-state index contributed by atoms with van der Waals surface area (Å²) in [6, 6.07) is 5.09. The van der Waals surface area contributed by atoms with Crippen LogP contribution in [0.1, 0.15) is 24.2 Å². The smallest absolute Gasteiger partial charge is 0.256 e. The summed E-state index contributed by atoms with van der Waals surface area (Å²) in [6.07, 6.45) is 0. The molecule has 0 heterocycles. The minimum Gasteiger partial charge on any atom is -0.497 e. The highest BCUT2D eigenvalue weighted by Gasteiger charge is 2.21. The molecule has 0 aromatic heterocycles. The SMILES string of the molecule is CCN(C(=O)c1ccc(OC)cc1N)C(C)COC. The highest BCUT2D eigenvalue weighted by Crippen LogP contribution is 2.21. The van der Waals surface area contributed by atoms with Crippen molar-refractivity contribution in [1.82, 2.24) is 4.90 Å². The highest BCUT2D eigenvalue weighted by atomic mass is 16.5. The van der Waals surface area contributed by atoms with E-state index in [1.54, 1.807) is 37.3 Å². The zero-order valence-corrected chi connectivity index (χ0v) is 12.0. The van der Waals surface area contributed by atoms with E-state index < -0.39 is 0 Å². The molecule has 5 nitrogen and oxygen atoms in total. The largest absolute Gasteiger partial charge is 0.497 e. The molecule has 1 unspecified atom stereocenters. The maximum atomic E-state index is 12.5. The number of benzene rings is 1. The lowest BCUT2D eigenvalue weighted by atomic mass is 10.1. The van der Waals surface area contributed by atoms with E-state index in [0.29, 0.717) is 30.2 Å². The highest BCUT2D eigenvalue weighted by molar-refractivity contribution is 5.99. The number of nitrogens with zero attached hydrogens (tertiary/aromatic N) is 1. The van der Waals surface area contributed by atoms with E-state index in [-0.39, 0.29) is 11.9 Å². The van der Waals surface area contributed by atoms with E-state index in [0.717, 1.165) is 0 Å². The Morgan fingerprint density at radius 1 is 1.42 bits per heavy atom. The summed E-state index contributed by atoms with van der Waals surface area (Å²) in [4.78, 5) is 14.2. The van der Waals surface area contributed by atoms with E-state index in [4.69, 9.17) is 15.2 Å². The normalized spacial score (nSPS) is 12.0. The third-order valence-corrected chi connectivity index (χ3v) is 3.03. The van der Waals surface area contributed by atoms with Gasteiger partial charge in [-0.2, -0.15) is 0 Å². The Morgan fingerprint density at radius 3 is 2.58 bits per heavy atom. The maximum Gasteiger partial charge on any atom is 0.256 e. The molecule has 0 aliphatic carbocycles. The first-order valence-corrected chi connectivity index (χ1v) is 6.28. The summed E-state index contributed by atoms with van der Waals surface area (Å²) in [7, 11) is 3.19. The molecule has 1 atom stereocenters. The zero-order chi connectivity index (χ0) is 14.4. The van der Waals surface area contributed by atoms with E-state index >= 15 is 0 Å². The van der Waals surface area contributed by atoms with Gasteiger partial charge < -0.3 is 20.1 Å². The van der Waals surface area contributed by atoms with Crippen molar-refractivity contribution < 1.29 is 14.3 Å². The molecule has 0 saturated heterocycles. The number of carbonyl (C=O) groups is 1. The number of hydrogen-bond acceptors (Lipinski definition) is 4. The molecule has 1 aromatic rings. The van der Waals surface area contributed by atoms with Crippen LogP contribution in [0.15, 0.2) is 18.2 Å². The number of hydrogen-bond donors (Lipinski definition) is 1. The molecule has 19 heavy (non-hydrogen) atoms. The first kappa shape index (κ1) is 15.3. The average Bonchev–Trinajstić information content (AvgIpc) is 2.39. The number of nitrogen functional groups attached to an aromatic ring is 1. The molecule has 0 aliphatic rings. The molecule has 1 rings (SSSR count). The van der Waals surface area contributed by atoms with Gasteiger partial charge in [-0.25, -0.2) is 0 Å². The van der Waals surface area contributed by atoms with Gasteiger partial charge in [0.2, 0.25) is 0 Å². The summed E-state index contributed by atoms with van der Waals surface area (Å²) < 4.78 is 10.2. The van der Waals surface area contributed by atoms with Gasteiger partial charge in [0.1, 0.15) is 5.75 Å². The summed E-state index contributed by atoms with van der Waals surface area (Å²) in [5.74, 6) is 0.550. The molecular formula is C14H22N2O3. The van der Waals surface area contributed by atoms with E-state index in [9.17, 15) is 4.79 Å². The molecule has 106 valence electrons. The van der Waals surface area contributed by atoms with Gasteiger partial charge in [0, 0.05) is 25.4 Å². The molecule has 0 fully saturated rings. The standard InChI is InChI=1S/C14H22N2O3/c1-5-16(10(2)9-18-3)14(17)12-7-6-11(19-4)8-13(12)15/h6-8,10H,5,9,15H2,1-4H3. The first-order valence-electron chi connectivity index (χ1n) is 6.28. The van der Waals surface area contributed by atoms with Crippen LogP contribution in [0.4, 0.5) is 5.69 Å². The number of nitrogens with two attached hydrogens (primary N) is 1. The molecule has 0 aliphatic heterocycles. The lowest BCUT2D eigenvalue weighted by molar-refractivity contribution is 0.0580. The number of anilines is 1. The fourth-order valence-electron chi connectivity index (χ4n) is 2.00. The minimum absolute atomic E-state index is 0.00371. The van der Waals surface area contributed by atoms with Crippen molar-refractivity contribution >= 4 is 11.6 Å². The minimum atomic E-state index is -0.0906. The van der Waals surface area contributed by atoms with Gasteiger partial charge in [-0.1, -0.05) is 0 Å². The number of rotatable bonds is 6. The second kappa shape index (κ2) is 6.99. The van der Waals surface area contributed by atoms with Crippen molar-refractivity contribution in [2.45, 2.75) is 19.9 Å². The number of ether oxygens (including phenoxy) is 2. The number of likely N-dealkylation sites (N-methyl/N-ethyl adjacent to an activating group) is 1. The van der Waals surface area contributed by atoms with Crippen LogP contribution in [-0.2, 0) is 4.74 Å². The molecule has 0 saturated carbocycles. The lowest BCUT2D eigenvalue weighted by Crippen LogP contribution is -2.41. The Hall–Kier alpha value is -1.75. The van der Waals surface area contributed by atoms with Crippen molar-refractivity contribution in [3.05, 3.63) is 23.8 Å². The molecule has 5 heteroatoms. The third-order valence-electron chi connectivity index (χ3n) is 3.03. The van der Waals surface area contributed by atoms with Crippen molar-refractivity contribution in [2.75, 3.05) is 33.1 Å². The van der Waals surface area contributed by atoms with Crippen LogP contribution in [0.5, 0.6) is 5.75 Å². The maximum absolute atomic E-state index is 12.5. The van der Waals surface area contributed by atoms with Gasteiger partial charge in [-0.3, -0.25) is 4.79 Å². The Morgan fingerprint density at radius 2 is 2.11 bits per heavy atom. The fourth-order valence-corrected chi connectivity index (χ4v) is 2.00. The summed E-state index contributed by atoms with van der Waals surface area (Å²) in [6.45, 7) is 4.98. The molecule has 1 aromatic carbocycles. The molecule has 2 N–H and O–H groups in total. The second-order valence-corrected chi connectivity index (χ2v) is 4.35. The first-order chi connectivity index (χ1) is 9.04. The van der Waals surface area contributed by atoms with Crippen LogP contribution in [0.2, 0.25) is 0 Å². The summed E-state index contributed by atoms with van der Waals surface area (Å²) in [5.41, 5.74) is 6.82. The van der Waals surface area contributed by atoms with Crippen LogP contribution in [0.25, 0.3) is 0 Å². The fraction of sp³-hybridized carbons (Fsp3) is 0.500. The van der Waals surface area contributed by atoms with Crippen LogP contribution >= 0.6 is 0 Å². The summed E-state index contributed by atoms with van der Waals surface area (Å²) in [5, 5.41) is 0. The van der Waals surface area contributed by atoms with Gasteiger partial charge in [0.05, 0.1) is 25.3 Å². The number of amides is 1. The van der Waals surface area contributed by atoms with Gasteiger partial charge in [0.15, 0.2) is 0 Å². The van der Waals surface area contributed by atoms with Gasteiger partial charge >= 0.3 is 0 Å². The third kappa shape index (κ3) is 3.61. The predicted octanol–water partition coefficient (Wildman–Crippen LogP) is 1.77. The van der Waals surface area contributed by atoms with E-state index in [1.807, 2.05) is 13.8 Å². The average molecular weight is 266 g/mol. The predicted molar refractivity (Wildman–Crippen MR) is 75.5 cm³/mol. The van der Waals surface area contributed by atoms with Gasteiger partial charge in [0.25, 0.3) is 5.91 Å².